The van der Waals surface area contributed by atoms with Gasteiger partial charge in [0.05, 0.1) is 17.6 Å². The SMILES string of the molecule is C=N/C(=N\C(=N/Cc1ccccc1)c1ccc(-c2cccc(-n3c4ccccc4c4cc(-c5cccc6c5sc5ccccc56)ccc43)c2)cc1)c1ccccc1. The van der Waals surface area contributed by atoms with Crippen LogP contribution in [0.25, 0.3) is 69.9 Å². The average Bonchev–Trinajstić information content (AvgIpc) is 3.83. The Hall–Kier alpha value is -7.21. The van der Waals surface area contributed by atoms with Gasteiger partial charge in [-0.25, -0.2) is 9.98 Å². The van der Waals surface area contributed by atoms with E-state index in [2.05, 4.69) is 162 Å². The predicted molar refractivity (Wildman–Crippen MR) is 244 cm³/mol. The molecule has 10 aromatic rings. The number of amidine groups is 2. The summed E-state index contributed by atoms with van der Waals surface area (Å²) in [6.07, 6.45) is 0. The van der Waals surface area contributed by atoms with Crippen molar-refractivity contribution >= 4 is 71.7 Å². The van der Waals surface area contributed by atoms with Gasteiger partial charge in [0, 0.05) is 47.8 Å². The maximum atomic E-state index is 4.97. The number of hydrogen-bond donors (Lipinski definition) is 0. The minimum atomic E-state index is 0.504. The highest BCUT2D eigenvalue weighted by Gasteiger charge is 2.16. The molecule has 0 saturated carbocycles. The van der Waals surface area contributed by atoms with Crippen molar-refractivity contribution in [3.05, 3.63) is 211 Å². The van der Waals surface area contributed by atoms with Gasteiger partial charge >= 0.3 is 0 Å². The second kappa shape index (κ2) is 14.8. The normalized spacial score (nSPS) is 12.2. The van der Waals surface area contributed by atoms with Gasteiger partial charge in [0.25, 0.3) is 0 Å². The first-order chi connectivity index (χ1) is 28.2. The minimum Gasteiger partial charge on any atom is -0.309 e. The summed E-state index contributed by atoms with van der Waals surface area (Å²) in [5.41, 5.74) is 11.1. The highest BCUT2D eigenvalue weighted by Crippen LogP contribution is 2.42. The van der Waals surface area contributed by atoms with E-state index in [0.29, 0.717) is 18.2 Å². The van der Waals surface area contributed by atoms with E-state index >= 15 is 0 Å². The molecule has 0 fully saturated rings. The third-order valence-electron chi connectivity index (χ3n) is 10.6. The van der Waals surface area contributed by atoms with E-state index < -0.39 is 0 Å². The van der Waals surface area contributed by atoms with Crippen LogP contribution < -0.4 is 0 Å². The fraction of sp³-hybridized carbons (Fsp3) is 0.0192. The van der Waals surface area contributed by atoms with Crippen LogP contribution in [0, 0.1) is 0 Å². The number of nitrogens with zero attached hydrogens (tertiary/aromatic N) is 4. The number of aromatic nitrogens is 1. The standard InChI is InChI=1S/C52H36N4S/c1-53-51(37-16-6-3-7-17-37)55-52(54-34-35-14-4-2-5-15-35)38-28-26-36(27-29-38)39-18-12-19-41(32-39)56-47-24-10-8-20-43(47)46-33-40(30-31-48(46)56)42-22-13-23-45-44-21-9-11-25-49(44)57-50(42)45/h2-33H,1,34H2/b54-52-,55-51-. The molecule has 0 amide bonds. The van der Waals surface area contributed by atoms with E-state index in [0.717, 1.165) is 33.5 Å². The molecule has 0 unspecified atom stereocenters. The van der Waals surface area contributed by atoms with Crippen LogP contribution in [0.3, 0.4) is 0 Å². The largest absolute Gasteiger partial charge is 0.309 e. The lowest BCUT2D eigenvalue weighted by molar-refractivity contribution is 1.06. The van der Waals surface area contributed by atoms with Crippen LogP contribution in [0.5, 0.6) is 0 Å². The third kappa shape index (κ3) is 6.44. The molecule has 8 aromatic carbocycles. The molecule has 2 heterocycles. The molecular weight excluding hydrogens is 713 g/mol. The molecule has 2 aromatic heterocycles. The van der Waals surface area contributed by atoms with Crippen LogP contribution in [-0.4, -0.2) is 23.0 Å². The lowest BCUT2D eigenvalue weighted by Crippen LogP contribution is -2.05. The van der Waals surface area contributed by atoms with Crippen molar-refractivity contribution in [2.24, 2.45) is 15.0 Å². The Morgan fingerprint density at radius 3 is 1.98 bits per heavy atom. The average molecular weight is 749 g/mol. The van der Waals surface area contributed by atoms with Crippen molar-refractivity contribution in [3.8, 4) is 27.9 Å². The summed E-state index contributed by atoms with van der Waals surface area (Å²) >= 11 is 1.88. The summed E-state index contributed by atoms with van der Waals surface area (Å²) in [6, 6.07) is 68.5. The molecule has 270 valence electrons. The maximum Gasteiger partial charge on any atom is 0.161 e. The van der Waals surface area contributed by atoms with Gasteiger partial charge in [-0.05, 0) is 70.9 Å². The number of hydrogen-bond acceptors (Lipinski definition) is 2. The van der Waals surface area contributed by atoms with Gasteiger partial charge in [-0.3, -0.25) is 4.99 Å². The Labute approximate surface area is 335 Å². The number of para-hydroxylation sites is 1. The van der Waals surface area contributed by atoms with Crippen molar-refractivity contribution in [2.45, 2.75) is 6.54 Å². The summed E-state index contributed by atoms with van der Waals surface area (Å²) in [5.74, 6) is 1.15. The Kier molecular flexibility index (Phi) is 8.90. The zero-order valence-electron chi connectivity index (χ0n) is 31.1. The molecular formula is C52H36N4S. The highest BCUT2D eigenvalue weighted by atomic mass is 32.1. The first-order valence-corrected chi connectivity index (χ1v) is 19.9. The van der Waals surface area contributed by atoms with E-state index in [1.54, 1.807) is 0 Å². The van der Waals surface area contributed by atoms with Crippen LogP contribution in [0.2, 0.25) is 0 Å². The predicted octanol–water partition coefficient (Wildman–Crippen LogP) is 13.6. The summed E-state index contributed by atoms with van der Waals surface area (Å²) < 4.78 is 5.04. The molecule has 0 radical (unpaired) electrons. The smallest absolute Gasteiger partial charge is 0.161 e. The van der Waals surface area contributed by atoms with Crippen molar-refractivity contribution < 1.29 is 0 Å². The fourth-order valence-electron chi connectivity index (χ4n) is 7.85. The summed E-state index contributed by atoms with van der Waals surface area (Å²) in [4.78, 5) is 14.2. The van der Waals surface area contributed by atoms with Gasteiger partial charge < -0.3 is 4.57 Å². The quantitative estimate of drug-likeness (QED) is 0.115. The molecule has 0 aliphatic rings. The number of thiophene rings is 1. The van der Waals surface area contributed by atoms with Crippen molar-refractivity contribution in [1.82, 2.24) is 4.57 Å². The molecule has 0 saturated heterocycles. The van der Waals surface area contributed by atoms with E-state index in [9.17, 15) is 0 Å². The lowest BCUT2D eigenvalue weighted by atomic mass is 10.0. The van der Waals surface area contributed by atoms with Crippen molar-refractivity contribution in [1.29, 1.82) is 0 Å². The third-order valence-corrected chi connectivity index (χ3v) is 11.8. The van der Waals surface area contributed by atoms with Crippen LogP contribution in [-0.2, 0) is 6.54 Å². The topological polar surface area (TPSA) is 42.0 Å². The molecule has 0 bridgehead atoms. The molecule has 0 N–H and O–H groups in total. The van der Waals surface area contributed by atoms with Crippen LogP contribution >= 0.6 is 11.3 Å². The number of benzene rings is 8. The highest BCUT2D eigenvalue weighted by molar-refractivity contribution is 7.26. The Bertz CT molecular complexity index is 3150. The summed E-state index contributed by atoms with van der Waals surface area (Å²) in [7, 11) is 0. The molecule has 5 heteroatoms. The van der Waals surface area contributed by atoms with Gasteiger partial charge in [0.15, 0.2) is 11.7 Å². The first-order valence-electron chi connectivity index (χ1n) is 19.1. The second-order valence-electron chi connectivity index (χ2n) is 14.1. The van der Waals surface area contributed by atoms with Crippen molar-refractivity contribution in [2.75, 3.05) is 0 Å². The second-order valence-corrected chi connectivity index (χ2v) is 15.1. The number of aliphatic imine (C=N–C) groups is 3. The maximum absolute atomic E-state index is 4.97. The van der Waals surface area contributed by atoms with E-state index in [4.69, 9.17) is 9.98 Å². The minimum absolute atomic E-state index is 0.504. The molecule has 0 spiro atoms. The van der Waals surface area contributed by atoms with Crippen molar-refractivity contribution in [3.63, 3.8) is 0 Å². The van der Waals surface area contributed by atoms with E-state index in [-0.39, 0.29) is 0 Å². The summed E-state index contributed by atoms with van der Waals surface area (Å²) in [6.45, 7) is 4.33. The van der Waals surface area contributed by atoms with Crippen LogP contribution in [0.15, 0.2) is 209 Å². The van der Waals surface area contributed by atoms with E-state index in [1.807, 2.05) is 59.9 Å². The van der Waals surface area contributed by atoms with Gasteiger partial charge in [-0.15, -0.1) is 11.3 Å². The Morgan fingerprint density at radius 1 is 0.491 bits per heavy atom. The van der Waals surface area contributed by atoms with E-state index in [1.165, 1.54) is 53.1 Å². The monoisotopic (exact) mass is 748 g/mol. The molecule has 0 atom stereocenters. The number of rotatable bonds is 7. The zero-order chi connectivity index (χ0) is 38.1. The zero-order valence-corrected chi connectivity index (χ0v) is 31.9. The van der Waals surface area contributed by atoms with Crippen LogP contribution in [0.1, 0.15) is 16.7 Å². The molecule has 4 nitrogen and oxygen atoms in total. The Balaban J connectivity index is 1.02. The van der Waals surface area contributed by atoms with Gasteiger partial charge in [0.2, 0.25) is 0 Å². The lowest BCUT2D eigenvalue weighted by Gasteiger charge is -2.11. The Morgan fingerprint density at radius 2 is 1.16 bits per heavy atom. The molecule has 10 rings (SSSR count). The van der Waals surface area contributed by atoms with Gasteiger partial charge in [-0.2, -0.15) is 0 Å². The van der Waals surface area contributed by atoms with Crippen LogP contribution in [0.4, 0.5) is 0 Å². The molecule has 0 aliphatic carbocycles. The van der Waals surface area contributed by atoms with Gasteiger partial charge in [0.1, 0.15) is 0 Å². The van der Waals surface area contributed by atoms with Gasteiger partial charge in [-0.1, -0.05) is 158 Å². The first kappa shape index (κ1) is 34.3. The fourth-order valence-corrected chi connectivity index (χ4v) is 9.09. The number of fused-ring (bicyclic) bond motifs is 6. The summed E-state index contributed by atoms with van der Waals surface area (Å²) in [5, 5.41) is 5.11. The molecule has 57 heavy (non-hydrogen) atoms. The molecule has 0 aliphatic heterocycles.